The highest BCUT2D eigenvalue weighted by Crippen LogP contribution is 2.26. The van der Waals surface area contributed by atoms with Gasteiger partial charge < -0.3 is 14.8 Å². The molecule has 2 aromatic rings. The first-order valence-electron chi connectivity index (χ1n) is 10.4. The van der Waals surface area contributed by atoms with Crippen LogP contribution < -0.4 is 5.32 Å². The molecule has 0 radical (unpaired) electrons. The zero-order chi connectivity index (χ0) is 17.9. The number of likely N-dealkylation sites (tertiary alicyclic amines) is 1. The van der Waals surface area contributed by atoms with Gasteiger partial charge in [-0.1, -0.05) is 31.0 Å². The molecule has 26 heavy (non-hydrogen) atoms. The molecule has 4 heteroatoms. The summed E-state index contributed by atoms with van der Waals surface area (Å²) in [4.78, 5) is 15.5. The van der Waals surface area contributed by atoms with E-state index in [2.05, 4.69) is 33.8 Å². The largest absolute Gasteiger partial charge is 0.348 e. The van der Waals surface area contributed by atoms with Gasteiger partial charge in [-0.15, -0.1) is 0 Å². The van der Waals surface area contributed by atoms with E-state index < -0.39 is 0 Å². The fourth-order valence-electron chi connectivity index (χ4n) is 4.82. The average Bonchev–Trinajstić information content (AvgIpc) is 3.30. The van der Waals surface area contributed by atoms with Crippen LogP contribution in [0, 0.1) is 5.92 Å². The number of hydrogen-bond acceptors (Lipinski definition) is 2. The summed E-state index contributed by atoms with van der Waals surface area (Å²) in [7, 11) is 0. The van der Waals surface area contributed by atoms with Crippen molar-refractivity contribution in [2.45, 2.75) is 58.0 Å². The van der Waals surface area contributed by atoms with Gasteiger partial charge in [-0.3, -0.25) is 4.79 Å². The number of fused-ring (bicyclic) bond motifs is 1. The van der Waals surface area contributed by atoms with Crippen LogP contribution in [0.4, 0.5) is 0 Å². The summed E-state index contributed by atoms with van der Waals surface area (Å²) in [6.07, 6.45) is 7.82. The Kier molecular flexibility index (Phi) is 5.30. The van der Waals surface area contributed by atoms with Gasteiger partial charge in [0.15, 0.2) is 0 Å². The van der Waals surface area contributed by atoms with E-state index in [1.54, 1.807) is 0 Å². The van der Waals surface area contributed by atoms with E-state index in [9.17, 15) is 4.79 Å². The third-order valence-electron chi connectivity index (χ3n) is 6.27. The van der Waals surface area contributed by atoms with Crippen molar-refractivity contribution in [3.8, 4) is 0 Å². The number of hydrogen-bond donors (Lipinski definition) is 1. The highest BCUT2D eigenvalue weighted by Gasteiger charge is 2.25. The van der Waals surface area contributed by atoms with Crippen LogP contribution in [0.5, 0.6) is 0 Å². The van der Waals surface area contributed by atoms with Gasteiger partial charge in [0.1, 0.15) is 5.69 Å². The van der Waals surface area contributed by atoms with Crippen molar-refractivity contribution in [1.82, 2.24) is 14.8 Å². The van der Waals surface area contributed by atoms with Crippen LogP contribution >= 0.6 is 0 Å². The predicted molar refractivity (Wildman–Crippen MR) is 106 cm³/mol. The number of nitrogens with zero attached hydrogens (tertiary/aromatic N) is 2. The molecule has 2 fully saturated rings. The van der Waals surface area contributed by atoms with Gasteiger partial charge in [0.2, 0.25) is 0 Å². The summed E-state index contributed by atoms with van der Waals surface area (Å²) in [5.41, 5.74) is 1.94. The molecule has 1 saturated carbocycles. The van der Waals surface area contributed by atoms with Crippen LogP contribution in [0.2, 0.25) is 0 Å². The molecular formula is C22H31N3O. The topological polar surface area (TPSA) is 37.3 Å². The predicted octanol–water partition coefficient (Wildman–Crippen LogP) is 4.05. The molecule has 0 atom stereocenters. The van der Waals surface area contributed by atoms with E-state index in [0.717, 1.165) is 55.0 Å². The minimum absolute atomic E-state index is 0.0808. The van der Waals surface area contributed by atoms with Gasteiger partial charge in [0.05, 0.1) is 0 Å². The van der Waals surface area contributed by atoms with Gasteiger partial charge in [-0.05, 0) is 50.7 Å². The monoisotopic (exact) mass is 353 g/mol. The minimum Gasteiger partial charge on any atom is -0.348 e. The average molecular weight is 354 g/mol. The molecule has 1 aliphatic heterocycles. The number of aryl methyl sites for hydroxylation is 1. The highest BCUT2D eigenvalue weighted by molar-refractivity contribution is 5.98. The Balaban J connectivity index is 1.35. The SMILES string of the molecule is CCn1c(C(=O)NC2CCN(CC3CCCC3)CC2)cc2ccccc21. The molecule has 4 rings (SSSR count). The van der Waals surface area contributed by atoms with E-state index in [0.29, 0.717) is 6.04 Å². The molecule has 0 bridgehead atoms. The minimum atomic E-state index is 0.0808. The van der Waals surface area contributed by atoms with E-state index in [1.165, 1.54) is 32.2 Å². The maximum absolute atomic E-state index is 12.9. The third-order valence-corrected chi connectivity index (χ3v) is 6.27. The van der Waals surface area contributed by atoms with Crippen molar-refractivity contribution in [2.75, 3.05) is 19.6 Å². The molecular weight excluding hydrogens is 322 g/mol. The van der Waals surface area contributed by atoms with Gasteiger partial charge in [-0.25, -0.2) is 0 Å². The summed E-state index contributed by atoms with van der Waals surface area (Å²) in [5.74, 6) is 0.999. The van der Waals surface area contributed by atoms with Crippen LogP contribution in [0.15, 0.2) is 30.3 Å². The maximum atomic E-state index is 12.9. The maximum Gasteiger partial charge on any atom is 0.268 e. The van der Waals surface area contributed by atoms with E-state index >= 15 is 0 Å². The molecule has 4 nitrogen and oxygen atoms in total. The van der Waals surface area contributed by atoms with E-state index in [1.807, 2.05) is 18.2 Å². The quantitative estimate of drug-likeness (QED) is 0.881. The van der Waals surface area contributed by atoms with Crippen molar-refractivity contribution in [2.24, 2.45) is 5.92 Å². The lowest BCUT2D eigenvalue weighted by Gasteiger charge is -2.33. The fraction of sp³-hybridized carbons (Fsp3) is 0.591. The number of nitrogens with one attached hydrogen (secondary N) is 1. The molecule has 1 aliphatic carbocycles. The molecule has 1 amide bonds. The number of amides is 1. The summed E-state index contributed by atoms with van der Waals surface area (Å²) >= 11 is 0. The lowest BCUT2D eigenvalue weighted by atomic mass is 10.0. The van der Waals surface area contributed by atoms with Crippen molar-refractivity contribution in [3.63, 3.8) is 0 Å². The van der Waals surface area contributed by atoms with Gasteiger partial charge in [-0.2, -0.15) is 0 Å². The fourth-order valence-corrected chi connectivity index (χ4v) is 4.82. The Labute approximate surface area is 156 Å². The van der Waals surface area contributed by atoms with Crippen LogP contribution in [0.1, 0.15) is 55.9 Å². The first-order valence-corrected chi connectivity index (χ1v) is 10.4. The van der Waals surface area contributed by atoms with Crippen LogP contribution in [0.3, 0.4) is 0 Å². The van der Waals surface area contributed by atoms with Crippen molar-refractivity contribution >= 4 is 16.8 Å². The lowest BCUT2D eigenvalue weighted by Crippen LogP contribution is -2.46. The number of benzene rings is 1. The Morgan fingerprint density at radius 3 is 2.58 bits per heavy atom. The second-order valence-corrected chi connectivity index (χ2v) is 8.03. The molecule has 2 aliphatic rings. The Morgan fingerprint density at radius 1 is 1.12 bits per heavy atom. The molecule has 1 aromatic carbocycles. The number of piperidine rings is 1. The first-order chi connectivity index (χ1) is 12.7. The number of para-hydroxylation sites is 1. The van der Waals surface area contributed by atoms with E-state index in [-0.39, 0.29) is 5.91 Å². The Bertz CT molecular complexity index is 752. The van der Waals surface area contributed by atoms with Crippen LogP contribution in [0.25, 0.3) is 10.9 Å². The summed E-state index contributed by atoms with van der Waals surface area (Å²) in [5, 5.41) is 4.44. The number of aromatic nitrogens is 1. The van der Waals surface area contributed by atoms with Gasteiger partial charge in [0.25, 0.3) is 5.91 Å². The summed E-state index contributed by atoms with van der Waals surface area (Å²) in [6.45, 7) is 6.43. The summed E-state index contributed by atoms with van der Waals surface area (Å²) in [6, 6.07) is 10.6. The second kappa shape index (κ2) is 7.83. The molecule has 1 aromatic heterocycles. The smallest absolute Gasteiger partial charge is 0.268 e. The molecule has 0 spiro atoms. The molecule has 1 saturated heterocycles. The second-order valence-electron chi connectivity index (χ2n) is 8.03. The number of carbonyl (C=O) groups is 1. The van der Waals surface area contributed by atoms with Crippen molar-refractivity contribution in [1.29, 1.82) is 0 Å². The van der Waals surface area contributed by atoms with Crippen LogP contribution in [-0.2, 0) is 6.54 Å². The zero-order valence-electron chi connectivity index (χ0n) is 15.9. The Hall–Kier alpha value is -1.81. The lowest BCUT2D eigenvalue weighted by molar-refractivity contribution is 0.0897. The molecule has 2 heterocycles. The molecule has 0 unspecified atom stereocenters. The van der Waals surface area contributed by atoms with E-state index in [4.69, 9.17) is 0 Å². The van der Waals surface area contributed by atoms with Crippen LogP contribution in [-0.4, -0.2) is 41.1 Å². The van der Waals surface area contributed by atoms with Gasteiger partial charge in [0, 0.05) is 43.1 Å². The number of carbonyl (C=O) groups excluding carboxylic acids is 1. The first kappa shape index (κ1) is 17.6. The number of rotatable bonds is 5. The normalized spacial score (nSPS) is 20.0. The molecule has 1 N–H and O–H groups in total. The molecule has 140 valence electrons. The van der Waals surface area contributed by atoms with Crippen molar-refractivity contribution < 1.29 is 4.79 Å². The standard InChI is InChI=1S/C22H31N3O/c1-2-25-20-10-6-5-9-18(20)15-21(25)22(26)23-19-11-13-24(14-12-19)16-17-7-3-4-8-17/h5-6,9-10,15,17,19H,2-4,7-8,11-14,16H2,1H3,(H,23,26). The van der Waals surface area contributed by atoms with Gasteiger partial charge >= 0.3 is 0 Å². The highest BCUT2D eigenvalue weighted by atomic mass is 16.2. The zero-order valence-corrected chi connectivity index (χ0v) is 15.9. The Morgan fingerprint density at radius 2 is 1.85 bits per heavy atom. The van der Waals surface area contributed by atoms with Crippen molar-refractivity contribution in [3.05, 3.63) is 36.0 Å². The third kappa shape index (κ3) is 3.66. The summed E-state index contributed by atoms with van der Waals surface area (Å²) < 4.78 is 2.12.